The van der Waals surface area contributed by atoms with E-state index in [1.54, 1.807) is 0 Å². The van der Waals surface area contributed by atoms with Crippen LogP contribution in [-0.2, 0) is 44.6 Å². The van der Waals surface area contributed by atoms with Crippen LogP contribution in [-0.4, -0.2) is 34.1 Å². The Labute approximate surface area is 116 Å². The maximum absolute atomic E-state index is 10.3. The summed E-state index contributed by atoms with van der Waals surface area (Å²) in [5.41, 5.74) is 0. The molecule has 1 heterocycles. The smallest absolute Gasteiger partial charge is 0.345 e. The molecule has 0 aliphatic carbocycles. The molecule has 8 nitrogen and oxygen atoms in total. The molecule has 0 spiro atoms. The monoisotopic (exact) mass is 318 g/mol. The van der Waals surface area contributed by atoms with E-state index < -0.39 is 23.9 Å². The Morgan fingerprint density at radius 2 is 1.33 bits per heavy atom. The molecule has 100 valence electrons. The Bertz CT molecular complexity index is 355. The topological polar surface area (TPSA) is 127 Å². The Hall–Kier alpha value is -1.77. The van der Waals surface area contributed by atoms with Crippen LogP contribution >= 0.6 is 12.3 Å². The molecule has 0 fully saturated rings. The number of hydrogen-bond acceptors (Lipinski definition) is 7. The second-order valence-corrected chi connectivity index (χ2v) is 2.69. The molecule has 0 bridgehead atoms. The molecule has 10 heteroatoms. The van der Waals surface area contributed by atoms with E-state index in [-0.39, 0.29) is 17.1 Å². The van der Waals surface area contributed by atoms with Crippen molar-refractivity contribution in [2.24, 2.45) is 0 Å². The molecule has 1 rings (SSSR count). The molecule has 0 aromatic rings. The molecule has 2 N–H and O–H groups in total. The second-order valence-electron chi connectivity index (χ2n) is 2.22. The SMILES string of the molecule is O=C(O)/C=C/C(=O)O.O=C1C=CC(=O)OSO1.[Fe]. The van der Waals surface area contributed by atoms with Gasteiger partial charge in [-0.15, -0.1) is 0 Å². The van der Waals surface area contributed by atoms with Crippen LogP contribution in [0.1, 0.15) is 0 Å². The third-order valence-corrected chi connectivity index (χ3v) is 1.42. The number of carbonyl (C=O) groups excluding carboxylic acids is 2. The summed E-state index contributed by atoms with van der Waals surface area (Å²) in [6, 6.07) is 0. The van der Waals surface area contributed by atoms with Gasteiger partial charge in [0.05, 0.1) is 0 Å². The van der Waals surface area contributed by atoms with E-state index in [0.29, 0.717) is 24.5 Å². The largest absolute Gasteiger partial charge is 0.478 e. The Morgan fingerprint density at radius 3 is 1.61 bits per heavy atom. The van der Waals surface area contributed by atoms with Crippen molar-refractivity contribution in [3.8, 4) is 0 Å². The van der Waals surface area contributed by atoms with E-state index in [2.05, 4.69) is 8.37 Å². The maximum atomic E-state index is 10.3. The first-order valence-corrected chi connectivity index (χ1v) is 4.49. The average molecular weight is 318 g/mol. The second kappa shape index (κ2) is 10.4. The van der Waals surface area contributed by atoms with Gasteiger partial charge in [0.25, 0.3) is 12.3 Å². The number of carboxylic acid groups (broad SMARTS) is 2. The van der Waals surface area contributed by atoms with Crippen LogP contribution in [0.15, 0.2) is 24.3 Å². The Morgan fingerprint density at radius 1 is 1.00 bits per heavy atom. The number of rotatable bonds is 2. The number of aliphatic carboxylic acids is 2. The summed E-state index contributed by atoms with van der Waals surface area (Å²) in [5.74, 6) is -3.70. The molecule has 0 aromatic carbocycles. The molecule has 0 saturated heterocycles. The van der Waals surface area contributed by atoms with Gasteiger partial charge >= 0.3 is 23.9 Å². The number of hydrogen-bond donors (Lipinski definition) is 2. The first-order valence-electron chi connectivity index (χ1n) is 3.83. The molecule has 0 saturated carbocycles. The molecule has 1 aliphatic rings. The van der Waals surface area contributed by atoms with Crippen molar-refractivity contribution < 1.29 is 54.8 Å². The average Bonchev–Trinajstić information content (AvgIpc) is 2.42. The fourth-order valence-electron chi connectivity index (χ4n) is 0.418. The summed E-state index contributed by atoms with van der Waals surface area (Å²) in [6.45, 7) is 0. The van der Waals surface area contributed by atoms with Crippen LogP contribution in [0.25, 0.3) is 0 Å². The third kappa shape index (κ3) is 12.3. The van der Waals surface area contributed by atoms with Crippen LogP contribution in [0.4, 0.5) is 0 Å². The predicted molar refractivity (Wildman–Crippen MR) is 53.3 cm³/mol. The van der Waals surface area contributed by atoms with Crippen LogP contribution in [0.2, 0.25) is 0 Å². The van der Waals surface area contributed by atoms with Crippen LogP contribution in [0.5, 0.6) is 0 Å². The molecular weight excluding hydrogens is 312 g/mol. The summed E-state index contributed by atoms with van der Waals surface area (Å²) >= 11 is 0.370. The van der Waals surface area contributed by atoms with Gasteiger partial charge in [0.15, 0.2) is 0 Å². The Kier molecular flexibility index (Phi) is 10.7. The zero-order valence-corrected chi connectivity index (χ0v) is 10.3. The van der Waals surface area contributed by atoms with Crippen molar-refractivity contribution in [1.29, 1.82) is 0 Å². The normalized spacial score (nSPS) is 13.3. The van der Waals surface area contributed by atoms with Gasteiger partial charge in [-0.2, -0.15) is 0 Å². The van der Waals surface area contributed by atoms with E-state index in [1.807, 2.05) is 0 Å². The minimum atomic E-state index is -1.26. The fraction of sp³-hybridized carbons (Fsp3) is 0. The third-order valence-electron chi connectivity index (χ3n) is 0.956. The van der Waals surface area contributed by atoms with Gasteiger partial charge in [-0.1, -0.05) is 0 Å². The maximum Gasteiger partial charge on any atom is 0.345 e. The van der Waals surface area contributed by atoms with Crippen LogP contribution in [0, 0.1) is 0 Å². The summed E-state index contributed by atoms with van der Waals surface area (Å²) in [7, 11) is 0. The molecule has 0 unspecified atom stereocenters. The summed E-state index contributed by atoms with van der Waals surface area (Å²) in [6.07, 6.45) is 3.12. The van der Waals surface area contributed by atoms with Crippen molar-refractivity contribution in [2.45, 2.75) is 0 Å². The molecule has 0 atom stereocenters. The van der Waals surface area contributed by atoms with Gasteiger partial charge in [-0.05, 0) is 0 Å². The van der Waals surface area contributed by atoms with E-state index >= 15 is 0 Å². The zero-order valence-electron chi connectivity index (χ0n) is 8.42. The first-order chi connectivity index (χ1) is 7.91. The van der Waals surface area contributed by atoms with Crippen molar-refractivity contribution in [1.82, 2.24) is 0 Å². The van der Waals surface area contributed by atoms with Gasteiger partial charge in [-0.25, -0.2) is 19.2 Å². The zero-order chi connectivity index (χ0) is 13.3. The minimum absolute atomic E-state index is 0. The first kappa shape index (κ1) is 18.6. The van der Waals surface area contributed by atoms with Gasteiger partial charge in [0.1, 0.15) is 0 Å². The van der Waals surface area contributed by atoms with Gasteiger partial charge in [0.2, 0.25) is 0 Å². The van der Waals surface area contributed by atoms with Crippen molar-refractivity contribution in [3.63, 3.8) is 0 Å². The summed E-state index contributed by atoms with van der Waals surface area (Å²) < 4.78 is 8.44. The molecule has 18 heavy (non-hydrogen) atoms. The molecule has 0 radical (unpaired) electrons. The van der Waals surface area contributed by atoms with E-state index in [9.17, 15) is 19.2 Å². The molecule has 1 aliphatic heterocycles. The predicted octanol–water partition coefficient (Wildman–Crippen LogP) is -0.0849. The Balaban J connectivity index is 0. The van der Waals surface area contributed by atoms with Gasteiger partial charge in [0, 0.05) is 41.4 Å². The van der Waals surface area contributed by atoms with Crippen molar-refractivity contribution in [3.05, 3.63) is 24.3 Å². The molecule has 0 aromatic heterocycles. The van der Waals surface area contributed by atoms with Gasteiger partial charge in [-0.3, -0.25) is 0 Å². The van der Waals surface area contributed by atoms with E-state index in [4.69, 9.17) is 10.2 Å². The van der Waals surface area contributed by atoms with Crippen LogP contribution in [0.3, 0.4) is 0 Å². The van der Waals surface area contributed by atoms with E-state index in [0.717, 1.165) is 12.2 Å². The van der Waals surface area contributed by atoms with Crippen LogP contribution < -0.4 is 0 Å². The quantitative estimate of drug-likeness (QED) is 0.408. The number of carboxylic acids is 2. The van der Waals surface area contributed by atoms with E-state index in [1.165, 1.54) is 0 Å². The molecule has 0 amide bonds. The minimum Gasteiger partial charge on any atom is -0.478 e. The molecular formula is C8H6FeO8S. The summed E-state index contributed by atoms with van der Waals surface area (Å²) in [5, 5.41) is 15.6. The fourth-order valence-corrected chi connectivity index (χ4v) is 0.698. The van der Waals surface area contributed by atoms with Gasteiger partial charge < -0.3 is 18.6 Å². The standard InChI is InChI=1S/C4H2O4S.C4H4O4.Fe/c5-3-1-2-4(6)8-9-7-3;5-3(6)1-2-4(7)8;/h1-2H;1-2H,(H,5,6)(H,7,8);/b;2-1+;. The van der Waals surface area contributed by atoms with Crippen molar-refractivity contribution >= 4 is 36.2 Å². The van der Waals surface area contributed by atoms with Crippen molar-refractivity contribution in [2.75, 3.05) is 0 Å². The number of carbonyl (C=O) groups is 4. The summed E-state index contributed by atoms with van der Waals surface area (Å²) in [4.78, 5) is 39.6.